The number of amides is 4. The molecule has 10 nitrogen and oxygen atoms in total. The van der Waals surface area contributed by atoms with E-state index >= 15 is 0 Å². The number of unbranched alkanes of at least 4 members (excludes halogenated alkanes) is 4. The van der Waals surface area contributed by atoms with Gasteiger partial charge in [-0.25, -0.2) is 9.97 Å². The lowest BCUT2D eigenvalue weighted by Gasteiger charge is -2.14. The zero-order chi connectivity index (χ0) is 29.9. The van der Waals surface area contributed by atoms with E-state index < -0.39 is 0 Å². The maximum absolute atomic E-state index is 13.2. The van der Waals surface area contributed by atoms with Crippen molar-refractivity contribution in [2.45, 2.75) is 51.4 Å². The fourth-order valence-corrected chi connectivity index (χ4v) is 6.98. The van der Waals surface area contributed by atoms with Crippen molar-refractivity contribution < 1.29 is 19.2 Å². The van der Waals surface area contributed by atoms with Crippen LogP contribution >= 0.6 is 48.0 Å². The van der Waals surface area contributed by atoms with Crippen LogP contribution in [0.5, 0.6) is 0 Å². The second-order valence-corrected chi connectivity index (χ2v) is 12.7. The number of thiocarbonyl (C=S) groups is 2. The monoisotopic (exact) mass is 642 g/mol. The summed E-state index contributed by atoms with van der Waals surface area (Å²) in [5, 5.41) is 5.51. The number of anilines is 2. The highest BCUT2D eigenvalue weighted by molar-refractivity contribution is 8.29. The molecule has 2 fully saturated rings. The van der Waals surface area contributed by atoms with Crippen LogP contribution in [-0.4, -0.2) is 65.1 Å². The molecule has 2 aliphatic rings. The molecular weight excluding hydrogens is 613 g/mol. The number of hydrogen-bond donors (Lipinski definition) is 2. The molecule has 4 heterocycles. The SMILES string of the molecule is O=C(CCCCCN1C(=O)C(=C2SC(=S)N(CCCCCC(=O)Nc3ccccn3)C2=O)SC1=S)Nc1ccccn1. The molecule has 0 radical (unpaired) electrons. The molecule has 42 heavy (non-hydrogen) atoms. The van der Waals surface area contributed by atoms with Crippen molar-refractivity contribution in [3.05, 3.63) is 58.6 Å². The topological polar surface area (TPSA) is 125 Å². The maximum atomic E-state index is 13.2. The summed E-state index contributed by atoms with van der Waals surface area (Å²) in [6.45, 7) is 0.842. The third kappa shape index (κ3) is 8.90. The molecule has 4 rings (SSSR count). The fourth-order valence-electron chi connectivity index (χ4n) is 4.20. The number of carbonyl (C=O) groups is 4. The molecule has 14 heteroatoms. The molecule has 2 N–H and O–H groups in total. The second-order valence-electron chi connectivity index (χ2n) is 9.46. The van der Waals surface area contributed by atoms with E-state index in [2.05, 4.69) is 20.6 Å². The number of nitrogens with zero attached hydrogens (tertiary/aromatic N) is 4. The normalized spacial score (nSPS) is 16.9. The van der Waals surface area contributed by atoms with Gasteiger partial charge in [0.1, 0.15) is 20.3 Å². The van der Waals surface area contributed by atoms with Crippen molar-refractivity contribution in [1.29, 1.82) is 0 Å². The highest BCUT2D eigenvalue weighted by atomic mass is 32.2. The minimum Gasteiger partial charge on any atom is -0.311 e. The average molecular weight is 643 g/mol. The predicted molar refractivity (Wildman–Crippen MR) is 173 cm³/mol. The first-order chi connectivity index (χ1) is 20.3. The van der Waals surface area contributed by atoms with Crippen molar-refractivity contribution >= 4 is 91.9 Å². The van der Waals surface area contributed by atoms with E-state index in [0.717, 1.165) is 36.4 Å². The van der Waals surface area contributed by atoms with E-state index in [1.165, 1.54) is 9.80 Å². The quantitative estimate of drug-likeness (QED) is 0.163. The van der Waals surface area contributed by atoms with Crippen LogP contribution in [0.4, 0.5) is 11.6 Å². The standard InChI is InChI=1S/C28H30N6O4S4/c35-21(31-19-11-5-7-15-29-19)13-3-1-9-17-33-25(37)23(41-27(33)39)24-26(38)34(28(40)42-24)18-10-2-4-14-22(36)32-20-12-6-8-16-30-20/h5-8,11-12,15-16H,1-4,9-10,13-14,17-18H2,(H,29,31,35)(H,30,32,36). The Labute approximate surface area is 263 Å². The van der Waals surface area contributed by atoms with Gasteiger partial charge in [0.25, 0.3) is 11.8 Å². The van der Waals surface area contributed by atoms with E-state index in [4.69, 9.17) is 24.4 Å². The smallest absolute Gasteiger partial charge is 0.267 e. The maximum Gasteiger partial charge on any atom is 0.267 e. The molecule has 2 saturated heterocycles. The lowest BCUT2D eigenvalue weighted by Crippen LogP contribution is -2.31. The zero-order valence-electron chi connectivity index (χ0n) is 22.7. The third-order valence-electron chi connectivity index (χ3n) is 6.34. The first-order valence-electron chi connectivity index (χ1n) is 13.6. The Bertz CT molecular complexity index is 1270. The first kappa shape index (κ1) is 31.7. The summed E-state index contributed by atoms with van der Waals surface area (Å²) < 4.78 is 0.828. The highest BCUT2D eigenvalue weighted by Gasteiger charge is 2.41. The van der Waals surface area contributed by atoms with Gasteiger partial charge in [0.15, 0.2) is 0 Å². The van der Waals surface area contributed by atoms with E-state index in [1.54, 1.807) is 48.8 Å². The number of aromatic nitrogens is 2. The van der Waals surface area contributed by atoms with Crippen LogP contribution in [0.2, 0.25) is 0 Å². The van der Waals surface area contributed by atoms with E-state index in [9.17, 15) is 19.2 Å². The van der Waals surface area contributed by atoms with Gasteiger partial charge in [-0.15, -0.1) is 0 Å². The summed E-state index contributed by atoms with van der Waals surface area (Å²) in [5.74, 6) is 0.272. The summed E-state index contributed by atoms with van der Waals surface area (Å²) in [4.78, 5) is 62.3. The molecule has 0 aliphatic carbocycles. The summed E-state index contributed by atoms with van der Waals surface area (Å²) in [6, 6.07) is 10.6. The van der Waals surface area contributed by atoms with Crippen molar-refractivity contribution in [1.82, 2.24) is 19.8 Å². The van der Waals surface area contributed by atoms with Gasteiger partial charge in [0, 0.05) is 38.3 Å². The van der Waals surface area contributed by atoms with Crippen molar-refractivity contribution in [3.63, 3.8) is 0 Å². The van der Waals surface area contributed by atoms with Crippen molar-refractivity contribution in [2.24, 2.45) is 0 Å². The summed E-state index contributed by atoms with van der Waals surface area (Å²) in [5.41, 5.74) is 0. The third-order valence-corrected chi connectivity index (χ3v) is 9.37. The Morgan fingerprint density at radius 1 is 0.667 bits per heavy atom. The van der Waals surface area contributed by atoms with Crippen LogP contribution < -0.4 is 10.6 Å². The average Bonchev–Trinajstić information content (AvgIpc) is 3.42. The van der Waals surface area contributed by atoms with Gasteiger partial charge in [0.2, 0.25) is 11.8 Å². The van der Waals surface area contributed by atoms with Crippen LogP contribution in [0, 0.1) is 0 Å². The molecule has 0 atom stereocenters. The van der Waals surface area contributed by atoms with Gasteiger partial charge >= 0.3 is 0 Å². The van der Waals surface area contributed by atoms with E-state index in [0.29, 0.717) is 81.7 Å². The highest BCUT2D eigenvalue weighted by Crippen LogP contribution is 2.42. The Morgan fingerprint density at radius 3 is 1.48 bits per heavy atom. The van der Waals surface area contributed by atoms with Crippen molar-refractivity contribution in [3.8, 4) is 0 Å². The molecule has 2 aromatic rings. The molecule has 0 bridgehead atoms. The number of pyridine rings is 2. The predicted octanol–water partition coefficient (Wildman–Crippen LogP) is 5.11. The van der Waals surface area contributed by atoms with Gasteiger partial charge < -0.3 is 10.6 Å². The Morgan fingerprint density at radius 2 is 1.10 bits per heavy atom. The lowest BCUT2D eigenvalue weighted by atomic mass is 10.2. The van der Waals surface area contributed by atoms with Gasteiger partial charge in [-0.3, -0.25) is 29.0 Å². The fraction of sp³-hybridized carbons (Fsp3) is 0.357. The molecule has 2 aliphatic heterocycles. The van der Waals surface area contributed by atoms with Crippen LogP contribution in [0.25, 0.3) is 0 Å². The van der Waals surface area contributed by atoms with Crippen molar-refractivity contribution in [2.75, 3.05) is 23.7 Å². The minimum atomic E-state index is -0.280. The lowest BCUT2D eigenvalue weighted by molar-refractivity contribution is -0.124. The first-order valence-corrected chi connectivity index (χ1v) is 16.0. The molecule has 0 saturated carbocycles. The van der Waals surface area contributed by atoms with Gasteiger partial charge in [-0.05, 0) is 49.9 Å². The Balaban J connectivity index is 1.17. The Hall–Kier alpha value is -3.20. The number of hydrogen-bond acceptors (Lipinski definition) is 10. The number of carbonyl (C=O) groups excluding carboxylic acids is 4. The van der Waals surface area contributed by atoms with E-state index in [-0.39, 0.29) is 23.6 Å². The molecule has 0 unspecified atom stereocenters. The van der Waals surface area contributed by atoms with E-state index in [1.807, 2.05) is 0 Å². The van der Waals surface area contributed by atoms with Crippen LogP contribution in [0.15, 0.2) is 58.6 Å². The number of thioether (sulfide) groups is 2. The summed E-state index contributed by atoms with van der Waals surface area (Å²) >= 11 is 13.1. The van der Waals surface area contributed by atoms with Gasteiger partial charge in [-0.2, -0.15) is 0 Å². The minimum absolute atomic E-state index is 0.104. The largest absolute Gasteiger partial charge is 0.311 e. The van der Waals surface area contributed by atoms with Crippen LogP contribution in [-0.2, 0) is 19.2 Å². The van der Waals surface area contributed by atoms with Crippen LogP contribution in [0.3, 0.4) is 0 Å². The van der Waals surface area contributed by atoms with Gasteiger partial charge in [0.05, 0.1) is 9.81 Å². The number of rotatable bonds is 14. The molecular formula is C28H30N6O4S4. The molecule has 0 spiro atoms. The number of nitrogens with one attached hydrogen (secondary N) is 2. The molecule has 0 aromatic carbocycles. The second kappa shape index (κ2) is 15.9. The van der Waals surface area contributed by atoms with Crippen LogP contribution in [0.1, 0.15) is 51.4 Å². The Kier molecular flexibility index (Phi) is 12.0. The molecule has 2 aromatic heterocycles. The zero-order valence-corrected chi connectivity index (χ0v) is 26.0. The molecule has 220 valence electrons. The van der Waals surface area contributed by atoms with Gasteiger partial charge in [-0.1, -0.05) is 72.9 Å². The summed E-state index contributed by atoms with van der Waals surface area (Å²) in [6.07, 6.45) is 8.13. The summed E-state index contributed by atoms with van der Waals surface area (Å²) in [7, 11) is 0. The molecule has 4 amide bonds.